The van der Waals surface area contributed by atoms with Crippen molar-refractivity contribution in [1.82, 2.24) is 14.8 Å². The highest BCUT2D eigenvalue weighted by atomic mass is 35.5. The Bertz CT molecular complexity index is 1050. The second kappa shape index (κ2) is 7.73. The van der Waals surface area contributed by atoms with Gasteiger partial charge in [-0.2, -0.15) is 5.10 Å². The SMILES string of the molecule is Cn1cc(-c2nc(COC(=O)c3ccc(Cl)cc3N3CCCC3=O)cs2)cn1. The van der Waals surface area contributed by atoms with Gasteiger partial charge in [-0.05, 0) is 24.6 Å². The lowest BCUT2D eigenvalue weighted by Gasteiger charge is -2.19. The van der Waals surface area contributed by atoms with Crippen molar-refractivity contribution in [1.29, 1.82) is 0 Å². The van der Waals surface area contributed by atoms with Crippen LogP contribution in [0.4, 0.5) is 5.69 Å². The summed E-state index contributed by atoms with van der Waals surface area (Å²) < 4.78 is 7.15. The summed E-state index contributed by atoms with van der Waals surface area (Å²) >= 11 is 7.54. The molecule has 144 valence electrons. The topological polar surface area (TPSA) is 77.3 Å². The Kier molecular flexibility index (Phi) is 5.15. The fourth-order valence-electron chi connectivity index (χ4n) is 3.06. The molecule has 3 aromatic rings. The number of rotatable bonds is 5. The molecular weight excluding hydrogens is 400 g/mol. The summed E-state index contributed by atoms with van der Waals surface area (Å²) in [7, 11) is 1.84. The molecule has 0 bridgehead atoms. The number of anilines is 1. The highest BCUT2D eigenvalue weighted by Gasteiger charge is 2.26. The van der Waals surface area contributed by atoms with Crippen LogP contribution in [-0.2, 0) is 23.2 Å². The number of ether oxygens (including phenoxy) is 1. The molecule has 0 spiro atoms. The van der Waals surface area contributed by atoms with Crippen LogP contribution in [-0.4, -0.2) is 33.2 Å². The van der Waals surface area contributed by atoms with Crippen molar-refractivity contribution in [2.45, 2.75) is 19.4 Å². The van der Waals surface area contributed by atoms with Crippen molar-refractivity contribution < 1.29 is 14.3 Å². The molecule has 9 heteroatoms. The fourth-order valence-corrected chi connectivity index (χ4v) is 4.00. The lowest BCUT2D eigenvalue weighted by molar-refractivity contribution is -0.117. The van der Waals surface area contributed by atoms with Crippen molar-refractivity contribution in [2.75, 3.05) is 11.4 Å². The monoisotopic (exact) mass is 416 g/mol. The number of hydrogen-bond acceptors (Lipinski definition) is 6. The molecule has 4 rings (SSSR count). The van der Waals surface area contributed by atoms with Gasteiger partial charge in [0.05, 0.1) is 23.1 Å². The molecule has 0 aliphatic carbocycles. The number of aromatic nitrogens is 3. The van der Waals surface area contributed by atoms with Crippen molar-refractivity contribution in [3.63, 3.8) is 0 Å². The minimum atomic E-state index is -0.512. The predicted octanol–water partition coefficient (Wildman–Crippen LogP) is 3.68. The summed E-state index contributed by atoms with van der Waals surface area (Å²) in [5.41, 5.74) is 2.39. The van der Waals surface area contributed by atoms with E-state index in [9.17, 15) is 9.59 Å². The molecule has 1 saturated heterocycles. The summed E-state index contributed by atoms with van der Waals surface area (Å²) in [5.74, 6) is -0.528. The van der Waals surface area contributed by atoms with Gasteiger partial charge in [-0.15, -0.1) is 11.3 Å². The third-order valence-electron chi connectivity index (χ3n) is 4.40. The number of esters is 1. The van der Waals surface area contributed by atoms with Crippen LogP contribution in [0, 0.1) is 0 Å². The molecule has 1 aromatic carbocycles. The van der Waals surface area contributed by atoms with E-state index < -0.39 is 5.97 Å². The Hall–Kier alpha value is -2.71. The molecular formula is C19H17ClN4O3S. The van der Waals surface area contributed by atoms with E-state index in [4.69, 9.17) is 16.3 Å². The first-order valence-corrected chi connectivity index (χ1v) is 9.97. The first kappa shape index (κ1) is 18.6. The number of thiazole rings is 1. The van der Waals surface area contributed by atoms with E-state index in [1.165, 1.54) is 11.3 Å². The zero-order chi connectivity index (χ0) is 19.7. The van der Waals surface area contributed by atoms with Gasteiger partial charge in [0.15, 0.2) is 0 Å². The predicted molar refractivity (Wildman–Crippen MR) is 106 cm³/mol. The fraction of sp³-hybridized carbons (Fsp3) is 0.263. The van der Waals surface area contributed by atoms with E-state index in [1.807, 2.05) is 18.6 Å². The van der Waals surface area contributed by atoms with Gasteiger partial charge in [0.1, 0.15) is 11.6 Å². The maximum atomic E-state index is 12.7. The quantitative estimate of drug-likeness (QED) is 0.593. The molecule has 28 heavy (non-hydrogen) atoms. The van der Waals surface area contributed by atoms with Crippen LogP contribution >= 0.6 is 22.9 Å². The average Bonchev–Trinajstić information content (AvgIpc) is 3.40. The summed E-state index contributed by atoms with van der Waals surface area (Å²) in [4.78, 5) is 30.8. The Morgan fingerprint density at radius 3 is 2.96 bits per heavy atom. The summed E-state index contributed by atoms with van der Waals surface area (Å²) in [6, 6.07) is 4.84. The zero-order valence-corrected chi connectivity index (χ0v) is 16.7. The first-order chi connectivity index (χ1) is 13.5. The smallest absolute Gasteiger partial charge is 0.340 e. The summed E-state index contributed by atoms with van der Waals surface area (Å²) in [5, 5.41) is 7.26. The second-order valence-electron chi connectivity index (χ2n) is 6.43. The van der Waals surface area contributed by atoms with Crippen LogP contribution in [0.3, 0.4) is 0 Å². The zero-order valence-electron chi connectivity index (χ0n) is 15.1. The number of halogens is 1. The third kappa shape index (κ3) is 3.79. The molecule has 0 N–H and O–H groups in total. The highest BCUT2D eigenvalue weighted by Crippen LogP contribution is 2.30. The van der Waals surface area contributed by atoms with Gasteiger partial charge in [-0.3, -0.25) is 9.48 Å². The number of benzene rings is 1. The second-order valence-corrected chi connectivity index (χ2v) is 7.73. The number of amides is 1. The van der Waals surface area contributed by atoms with Crippen molar-refractivity contribution >= 4 is 40.5 Å². The normalized spacial score (nSPS) is 13.9. The average molecular weight is 417 g/mol. The number of carbonyl (C=O) groups is 2. The molecule has 0 radical (unpaired) electrons. The standard InChI is InChI=1S/C19H17ClN4O3S/c1-23-9-12(8-21-23)18-22-14(11-28-18)10-27-19(26)15-5-4-13(20)7-16(15)24-6-2-3-17(24)25/h4-5,7-9,11H,2-3,6,10H2,1H3. The molecule has 0 saturated carbocycles. The van der Waals surface area contributed by atoms with Gasteiger partial charge < -0.3 is 9.64 Å². The molecule has 0 unspecified atom stereocenters. The third-order valence-corrected chi connectivity index (χ3v) is 5.57. The van der Waals surface area contributed by atoms with Crippen LogP contribution in [0.2, 0.25) is 5.02 Å². The van der Waals surface area contributed by atoms with Crippen molar-refractivity contribution in [3.8, 4) is 10.6 Å². The lowest BCUT2D eigenvalue weighted by atomic mass is 10.1. The molecule has 7 nitrogen and oxygen atoms in total. The van der Waals surface area contributed by atoms with Crippen LogP contribution < -0.4 is 4.90 Å². The van der Waals surface area contributed by atoms with Gasteiger partial charge in [-0.25, -0.2) is 9.78 Å². The van der Waals surface area contributed by atoms with Gasteiger partial charge in [0.2, 0.25) is 5.91 Å². The van der Waals surface area contributed by atoms with Gasteiger partial charge in [0, 0.05) is 42.2 Å². The van der Waals surface area contributed by atoms with E-state index in [1.54, 1.807) is 34.0 Å². The van der Waals surface area contributed by atoms with E-state index in [0.29, 0.717) is 34.9 Å². The number of aryl methyl sites for hydroxylation is 1. The maximum Gasteiger partial charge on any atom is 0.340 e. The van der Waals surface area contributed by atoms with E-state index in [0.717, 1.165) is 17.0 Å². The molecule has 3 heterocycles. The molecule has 1 amide bonds. The van der Waals surface area contributed by atoms with Crippen LogP contribution in [0.5, 0.6) is 0 Å². The molecule has 1 fully saturated rings. The Balaban J connectivity index is 1.49. The molecule has 1 aliphatic heterocycles. The maximum absolute atomic E-state index is 12.7. The Morgan fingerprint density at radius 2 is 2.25 bits per heavy atom. The van der Waals surface area contributed by atoms with Gasteiger partial charge in [-0.1, -0.05) is 11.6 Å². The van der Waals surface area contributed by atoms with E-state index >= 15 is 0 Å². The summed E-state index contributed by atoms with van der Waals surface area (Å²) in [6.07, 6.45) is 4.84. The van der Waals surface area contributed by atoms with Crippen molar-refractivity contribution in [3.05, 3.63) is 52.3 Å². The number of nitrogens with zero attached hydrogens (tertiary/aromatic N) is 4. The van der Waals surface area contributed by atoms with E-state index in [-0.39, 0.29) is 12.5 Å². The van der Waals surface area contributed by atoms with Crippen molar-refractivity contribution in [2.24, 2.45) is 7.05 Å². The van der Waals surface area contributed by atoms with Crippen LogP contribution in [0.1, 0.15) is 28.9 Å². The van der Waals surface area contributed by atoms with Crippen LogP contribution in [0.15, 0.2) is 36.0 Å². The largest absolute Gasteiger partial charge is 0.455 e. The minimum Gasteiger partial charge on any atom is -0.455 e. The Labute approximate surface area is 170 Å². The minimum absolute atomic E-state index is 0.0167. The highest BCUT2D eigenvalue weighted by molar-refractivity contribution is 7.13. The Morgan fingerprint density at radius 1 is 1.39 bits per heavy atom. The van der Waals surface area contributed by atoms with Gasteiger partial charge >= 0.3 is 5.97 Å². The number of carbonyl (C=O) groups excluding carboxylic acids is 2. The lowest BCUT2D eigenvalue weighted by Crippen LogP contribution is -2.26. The van der Waals surface area contributed by atoms with E-state index in [2.05, 4.69) is 10.1 Å². The first-order valence-electron chi connectivity index (χ1n) is 8.72. The molecule has 1 aliphatic rings. The molecule has 0 atom stereocenters. The molecule has 2 aromatic heterocycles. The number of hydrogen-bond donors (Lipinski definition) is 0. The summed E-state index contributed by atoms with van der Waals surface area (Å²) in [6.45, 7) is 0.617. The van der Waals surface area contributed by atoms with Gasteiger partial charge in [0.25, 0.3) is 0 Å². The van der Waals surface area contributed by atoms with Crippen LogP contribution in [0.25, 0.3) is 10.6 Å².